The van der Waals surface area contributed by atoms with E-state index >= 15 is 0 Å². The molecule has 1 aliphatic heterocycles. The molecule has 1 atom stereocenters. The maximum absolute atomic E-state index is 3.80. The van der Waals surface area contributed by atoms with Gasteiger partial charge < -0.3 is 5.32 Å². The summed E-state index contributed by atoms with van der Waals surface area (Å²) < 4.78 is 0. The van der Waals surface area contributed by atoms with Crippen molar-refractivity contribution < 1.29 is 0 Å². The Morgan fingerprint density at radius 3 is 2.47 bits per heavy atom. The Morgan fingerprint density at radius 1 is 1.06 bits per heavy atom. The van der Waals surface area contributed by atoms with Crippen LogP contribution in [0.1, 0.15) is 57.1 Å². The summed E-state index contributed by atoms with van der Waals surface area (Å²) in [6.45, 7) is 5.70. The average molecular weight is 231 g/mol. The lowest BCUT2D eigenvalue weighted by Crippen LogP contribution is -2.41. The van der Waals surface area contributed by atoms with Crippen LogP contribution in [0.15, 0.2) is 24.3 Å². The molecule has 0 amide bonds. The highest BCUT2D eigenvalue weighted by molar-refractivity contribution is 5.29. The fourth-order valence-electron chi connectivity index (χ4n) is 2.96. The second-order valence-corrected chi connectivity index (χ2v) is 5.22. The van der Waals surface area contributed by atoms with Crippen molar-refractivity contribution in [2.75, 3.05) is 6.54 Å². The summed E-state index contributed by atoms with van der Waals surface area (Å²) in [5, 5.41) is 3.80. The van der Waals surface area contributed by atoms with Crippen molar-refractivity contribution in [2.45, 2.75) is 57.9 Å². The van der Waals surface area contributed by atoms with Gasteiger partial charge in [0.05, 0.1) is 0 Å². The second-order valence-electron chi connectivity index (χ2n) is 5.22. The van der Waals surface area contributed by atoms with E-state index in [0.29, 0.717) is 0 Å². The number of nitrogens with one attached hydrogen (secondary N) is 1. The van der Waals surface area contributed by atoms with Gasteiger partial charge in [0.2, 0.25) is 0 Å². The summed E-state index contributed by atoms with van der Waals surface area (Å²) in [4.78, 5) is 0. The first-order chi connectivity index (χ1) is 8.30. The molecular weight excluding hydrogens is 206 g/mol. The molecule has 0 radical (unpaired) electrons. The van der Waals surface area contributed by atoms with Gasteiger partial charge in [-0.15, -0.1) is 0 Å². The first-order valence-electron chi connectivity index (χ1n) is 7.15. The molecule has 0 aliphatic carbocycles. The lowest BCUT2D eigenvalue weighted by Gasteiger charge is -2.33. The van der Waals surface area contributed by atoms with E-state index in [1.807, 2.05) is 0 Å². The van der Waals surface area contributed by atoms with Crippen LogP contribution in [0, 0.1) is 0 Å². The van der Waals surface area contributed by atoms with E-state index in [4.69, 9.17) is 0 Å². The maximum Gasteiger partial charge on any atom is 0.0432 e. The van der Waals surface area contributed by atoms with Crippen molar-refractivity contribution in [1.82, 2.24) is 5.32 Å². The fourth-order valence-corrected chi connectivity index (χ4v) is 2.96. The van der Waals surface area contributed by atoms with E-state index in [1.54, 1.807) is 0 Å². The van der Waals surface area contributed by atoms with Gasteiger partial charge in [-0.2, -0.15) is 0 Å². The molecule has 0 bridgehead atoms. The summed E-state index contributed by atoms with van der Waals surface area (Å²) in [5.41, 5.74) is 3.16. The van der Waals surface area contributed by atoms with Gasteiger partial charge in [0, 0.05) is 5.54 Å². The van der Waals surface area contributed by atoms with Crippen LogP contribution in [0.3, 0.4) is 0 Å². The van der Waals surface area contributed by atoms with Gasteiger partial charge in [-0.1, -0.05) is 51.0 Å². The maximum atomic E-state index is 3.80. The molecule has 1 unspecified atom stereocenters. The van der Waals surface area contributed by atoms with E-state index in [2.05, 4.69) is 43.4 Å². The highest BCUT2D eigenvalue weighted by Crippen LogP contribution is 2.33. The van der Waals surface area contributed by atoms with Crippen LogP contribution in [0.5, 0.6) is 0 Å². The minimum atomic E-state index is 0.239. The van der Waals surface area contributed by atoms with Gasteiger partial charge in [0.15, 0.2) is 0 Å². The van der Waals surface area contributed by atoms with E-state index in [0.717, 1.165) is 6.42 Å². The Balaban J connectivity index is 2.25. The molecule has 1 aliphatic rings. The summed E-state index contributed by atoms with van der Waals surface area (Å²) in [7, 11) is 0. The number of hydrogen-bond acceptors (Lipinski definition) is 1. The standard InChI is InChI=1S/C16H25N/c1-3-14-8-10-15(11-9-14)16(4-2)12-6-5-7-13-17-16/h8-11,17H,3-7,12-13H2,1-2H3. The third-order valence-electron chi connectivity index (χ3n) is 4.26. The zero-order chi connectivity index (χ0) is 12.1. The van der Waals surface area contributed by atoms with Crippen LogP contribution in [0.4, 0.5) is 0 Å². The normalized spacial score (nSPS) is 25.5. The van der Waals surface area contributed by atoms with Crippen molar-refractivity contribution in [1.29, 1.82) is 0 Å². The molecule has 0 spiro atoms. The topological polar surface area (TPSA) is 12.0 Å². The van der Waals surface area contributed by atoms with Crippen molar-refractivity contribution in [3.8, 4) is 0 Å². The van der Waals surface area contributed by atoms with E-state index in [-0.39, 0.29) is 5.54 Å². The molecule has 1 aromatic rings. The minimum absolute atomic E-state index is 0.239. The van der Waals surface area contributed by atoms with Gasteiger partial charge >= 0.3 is 0 Å². The zero-order valence-corrected chi connectivity index (χ0v) is 11.3. The molecular formula is C16H25N. The highest BCUT2D eigenvalue weighted by atomic mass is 15.0. The first kappa shape index (κ1) is 12.6. The number of hydrogen-bond donors (Lipinski definition) is 1. The summed E-state index contributed by atoms with van der Waals surface area (Å²) >= 11 is 0. The van der Waals surface area contributed by atoms with Crippen LogP contribution in [-0.2, 0) is 12.0 Å². The van der Waals surface area contributed by atoms with Gasteiger partial charge in [-0.3, -0.25) is 0 Å². The molecule has 94 valence electrons. The molecule has 2 rings (SSSR count). The molecule has 1 heterocycles. The van der Waals surface area contributed by atoms with Crippen LogP contribution in [0.2, 0.25) is 0 Å². The largest absolute Gasteiger partial charge is 0.307 e. The third-order valence-corrected chi connectivity index (χ3v) is 4.26. The third kappa shape index (κ3) is 2.71. The van der Waals surface area contributed by atoms with E-state index in [1.165, 1.54) is 49.8 Å². The van der Waals surface area contributed by atoms with Crippen molar-refractivity contribution in [3.63, 3.8) is 0 Å². The lowest BCUT2D eigenvalue weighted by atomic mass is 9.83. The minimum Gasteiger partial charge on any atom is -0.307 e. The van der Waals surface area contributed by atoms with Crippen molar-refractivity contribution in [2.24, 2.45) is 0 Å². The Bertz CT molecular complexity index is 331. The Labute approximate surface area is 106 Å². The summed E-state index contributed by atoms with van der Waals surface area (Å²) in [6.07, 6.45) is 7.67. The Hall–Kier alpha value is -0.820. The number of rotatable bonds is 3. The Kier molecular flexibility index (Phi) is 4.22. The fraction of sp³-hybridized carbons (Fsp3) is 0.625. The van der Waals surface area contributed by atoms with E-state index in [9.17, 15) is 0 Å². The molecule has 1 N–H and O–H groups in total. The SMILES string of the molecule is CCc1ccc(C2(CC)CCCCCN2)cc1. The summed E-state index contributed by atoms with van der Waals surface area (Å²) in [5.74, 6) is 0. The van der Waals surface area contributed by atoms with Gasteiger partial charge in [0.25, 0.3) is 0 Å². The predicted molar refractivity (Wildman–Crippen MR) is 74.3 cm³/mol. The van der Waals surface area contributed by atoms with Gasteiger partial charge in [-0.25, -0.2) is 0 Å². The van der Waals surface area contributed by atoms with Crippen molar-refractivity contribution in [3.05, 3.63) is 35.4 Å². The molecule has 1 fully saturated rings. The van der Waals surface area contributed by atoms with Crippen LogP contribution in [0.25, 0.3) is 0 Å². The number of aryl methyl sites for hydroxylation is 1. The van der Waals surface area contributed by atoms with Gasteiger partial charge in [-0.05, 0) is 43.4 Å². The smallest absolute Gasteiger partial charge is 0.0432 e. The molecule has 1 heteroatoms. The lowest BCUT2D eigenvalue weighted by molar-refractivity contribution is 0.312. The average Bonchev–Trinajstić information content (AvgIpc) is 2.65. The van der Waals surface area contributed by atoms with Crippen LogP contribution in [-0.4, -0.2) is 6.54 Å². The highest BCUT2D eigenvalue weighted by Gasteiger charge is 2.30. The molecule has 17 heavy (non-hydrogen) atoms. The summed E-state index contributed by atoms with van der Waals surface area (Å²) in [6, 6.07) is 9.25. The quantitative estimate of drug-likeness (QED) is 0.828. The van der Waals surface area contributed by atoms with E-state index < -0.39 is 0 Å². The van der Waals surface area contributed by atoms with Crippen LogP contribution >= 0.6 is 0 Å². The second kappa shape index (κ2) is 5.68. The monoisotopic (exact) mass is 231 g/mol. The molecule has 1 aromatic carbocycles. The first-order valence-corrected chi connectivity index (χ1v) is 7.15. The molecule has 0 aromatic heterocycles. The molecule has 1 saturated heterocycles. The predicted octanol–water partition coefficient (Wildman–Crippen LogP) is 4.02. The Morgan fingerprint density at radius 2 is 1.82 bits per heavy atom. The molecule has 1 nitrogen and oxygen atoms in total. The zero-order valence-electron chi connectivity index (χ0n) is 11.3. The van der Waals surface area contributed by atoms with Gasteiger partial charge in [0.1, 0.15) is 0 Å². The van der Waals surface area contributed by atoms with Crippen LogP contribution < -0.4 is 5.32 Å². The number of benzene rings is 1. The van der Waals surface area contributed by atoms with Crippen molar-refractivity contribution >= 4 is 0 Å². The molecule has 0 saturated carbocycles.